The first kappa shape index (κ1) is 19.3. The van der Waals surface area contributed by atoms with Crippen LogP contribution in [0.3, 0.4) is 0 Å². The quantitative estimate of drug-likeness (QED) is 0.611. The second kappa shape index (κ2) is 8.95. The predicted octanol–water partition coefficient (Wildman–Crippen LogP) is 2.74. The number of hydrogen-bond acceptors (Lipinski definition) is 4. The summed E-state index contributed by atoms with van der Waals surface area (Å²) < 4.78 is 0. The Hall–Kier alpha value is -2.47. The van der Waals surface area contributed by atoms with Crippen LogP contribution in [0.4, 0.5) is 11.5 Å². The number of benzene rings is 1. The van der Waals surface area contributed by atoms with Gasteiger partial charge >= 0.3 is 0 Å². The molecule has 2 N–H and O–H groups in total. The van der Waals surface area contributed by atoms with Gasteiger partial charge in [-0.15, -0.1) is 0 Å². The molecule has 27 heavy (non-hydrogen) atoms. The molecule has 1 fully saturated rings. The van der Waals surface area contributed by atoms with Gasteiger partial charge in [-0.25, -0.2) is 4.98 Å². The lowest BCUT2D eigenvalue weighted by molar-refractivity contribution is 0.648. The van der Waals surface area contributed by atoms with Crippen molar-refractivity contribution in [1.82, 2.24) is 15.6 Å². The average molecular weight is 387 g/mol. The number of nitrogens with zero attached hydrogens (tertiary/aromatic N) is 4. The third kappa shape index (κ3) is 5.04. The van der Waals surface area contributed by atoms with Gasteiger partial charge in [-0.05, 0) is 36.2 Å². The molecule has 7 heteroatoms. The van der Waals surface area contributed by atoms with Crippen LogP contribution in [0.1, 0.15) is 12.0 Å². The summed E-state index contributed by atoms with van der Waals surface area (Å²) in [5, 5.41) is 7.59. The van der Waals surface area contributed by atoms with Crippen LogP contribution >= 0.6 is 11.6 Å². The maximum atomic E-state index is 6.27. The van der Waals surface area contributed by atoms with Crippen molar-refractivity contribution in [1.29, 1.82) is 0 Å². The lowest BCUT2D eigenvalue weighted by atomic mass is 10.2. The van der Waals surface area contributed by atoms with E-state index >= 15 is 0 Å². The van der Waals surface area contributed by atoms with Gasteiger partial charge in [-0.2, -0.15) is 0 Å². The molecule has 2 heterocycles. The fraction of sp³-hybridized carbons (Fsp3) is 0.400. The highest BCUT2D eigenvalue weighted by Gasteiger charge is 2.25. The molecular weight excluding hydrogens is 360 g/mol. The van der Waals surface area contributed by atoms with Crippen LogP contribution < -0.4 is 20.4 Å². The molecular formula is C20H27ClN6. The summed E-state index contributed by atoms with van der Waals surface area (Å²) in [5.41, 5.74) is 2.41. The summed E-state index contributed by atoms with van der Waals surface area (Å²) in [6.07, 6.45) is 2.80. The molecule has 1 aromatic carbocycles. The monoisotopic (exact) mass is 386 g/mol. The van der Waals surface area contributed by atoms with Gasteiger partial charge in [-0.3, -0.25) is 4.99 Å². The molecule has 1 unspecified atom stereocenters. The zero-order chi connectivity index (χ0) is 19.2. The number of anilines is 2. The number of guanidine groups is 1. The highest BCUT2D eigenvalue weighted by molar-refractivity contribution is 6.32. The molecule has 1 aromatic heterocycles. The van der Waals surface area contributed by atoms with E-state index in [9.17, 15) is 0 Å². The second-order valence-electron chi connectivity index (χ2n) is 6.87. The van der Waals surface area contributed by atoms with Gasteiger partial charge in [-0.1, -0.05) is 23.7 Å². The SMILES string of the molecule is CN=C(NCc1ccc(N(C)C)cc1)NC1CCN(c2ncccc2Cl)C1. The van der Waals surface area contributed by atoms with E-state index in [1.807, 2.05) is 26.2 Å². The number of aliphatic imine (C=N–C) groups is 1. The molecule has 0 aliphatic carbocycles. The summed E-state index contributed by atoms with van der Waals surface area (Å²) in [6.45, 7) is 2.52. The zero-order valence-corrected chi connectivity index (χ0v) is 16.9. The van der Waals surface area contributed by atoms with Crippen molar-refractivity contribution in [2.75, 3.05) is 44.0 Å². The summed E-state index contributed by atoms with van der Waals surface area (Å²) in [4.78, 5) is 13.1. The van der Waals surface area contributed by atoms with Crippen LogP contribution in [-0.4, -0.2) is 51.2 Å². The van der Waals surface area contributed by atoms with Crippen LogP contribution in [0.2, 0.25) is 5.02 Å². The fourth-order valence-corrected chi connectivity index (χ4v) is 3.41. The Labute approximate surface area is 166 Å². The Bertz CT molecular complexity index is 774. The smallest absolute Gasteiger partial charge is 0.191 e. The zero-order valence-electron chi connectivity index (χ0n) is 16.1. The number of rotatable bonds is 5. The molecule has 1 aliphatic rings. The van der Waals surface area contributed by atoms with E-state index < -0.39 is 0 Å². The van der Waals surface area contributed by atoms with Crippen molar-refractivity contribution >= 4 is 29.1 Å². The minimum Gasteiger partial charge on any atom is -0.378 e. The lowest BCUT2D eigenvalue weighted by Crippen LogP contribution is -2.44. The normalized spacial score (nSPS) is 17.1. The van der Waals surface area contributed by atoms with Crippen molar-refractivity contribution < 1.29 is 0 Å². The molecule has 1 saturated heterocycles. The van der Waals surface area contributed by atoms with E-state index in [1.54, 1.807) is 13.2 Å². The molecule has 0 spiro atoms. The van der Waals surface area contributed by atoms with Crippen LogP contribution in [0, 0.1) is 0 Å². The first-order valence-electron chi connectivity index (χ1n) is 9.15. The van der Waals surface area contributed by atoms with E-state index in [4.69, 9.17) is 11.6 Å². The molecule has 0 saturated carbocycles. The van der Waals surface area contributed by atoms with Crippen molar-refractivity contribution in [3.05, 3.63) is 53.2 Å². The van der Waals surface area contributed by atoms with E-state index in [-0.39, 0.29) is 0 Å². The third-order valence-electron chi connectivity index (χ3n) is 4.70. The minimum absolute atomic E-state index is 0.311. The van der Waals surface area contributed by atoms with Crippen LogP contribution in [0.15, 0.2) is 47.6 Å². The minimum atomic E-state index is 0.311. The molecule has 1 aliphatic heterocycles. The second-order valence-corrected chi connectivity index (χ2v) is 7.28. The van der Waals surface area contributed by atoms with Gasteiger partial charge in [0.1, 0.15) is 5.82 Å². The van der Waals surface area contributed by atoms with Gasteiger partial charge in [0.2, 0.25) is 0 Å². The highest BCUT2D eigenvalue weighted by atomic mass is 35.5. The van der Waals surface area contributed by atoms with Crippen molar-refractivity contribution in [2.24, 2.45) is 4.99 Å². The molecule has 0 amide bonds. The lowest BCUT2D eigenvalue weighted by Gasteiger charge is -2.20. The number of pyridine rings is 1. The molecule has 2 aromatic rings. The van der Waals surface area contributed by atoms with E-state index in [0.717, 1.165) is 37.8 Å². The van der Waals surface area contributed by atoms with Crippen molar-refractivity contribution in [3.8, 4) is 0 Å². The largest absolute Gasteiger partial charge is 0.378 e. The number of nitrogens with one attached hydrogen (secondary N) is 2. The standard InChI is InChI=1S/C20H27ClN6/c1-22-20(24-13-15-6-8-17(9-7-15)26(2)3)25-16-10-12-27(14-16)19-18(21)5-4-11-23-19/h4-9,11,16H,10,12-14H2,1-3H3,(H2,22,24,25). The molecule has 0 radical (unpaired) electrons. The first-order valence-corrected chi connectivity index (χ1v) is 9.53. The van der Waals surface area contributed by atoms with Gasteiger partial charge in [0.15, 0.2) is 5.96 Å². The maximum Gasteiger partial charge on any atom is 0.191 e. The topological polar surface area (TPSA) is 55.8 Å². The van der Waals surface area contributed by atoms with Crippen molar-refractivity contribution in [3.63, 3.8) is 0 Å². The number of halogens is 1. The summed E-state index contributed by atoms with van der Waals surface area (Å²) in [7, 11) is 5.89. The van der Waals surface area contributed by atoms with Gasteiger partial charge in [0, 0.05) is 58.7 Å². The fourth-order valence-electron chi connectivity index (χ4n) is 3.17. The molecule has 6 nitrogen and oxygen atoms in total. The summed E-state index contributed by atoms with van der Waals surface area (Å²) in [5.74, 6) is 1.66. The van der Waals surface area contributed by atoms with Crippen molar-refractivity contribution in [2.45, 2.75) is 19.0 Å². The Balaban J connectivity index is 1.51. The highest BCUT2D eigenvalue weighted by Crippen LogP contribution is 2.25. The molecule has 144 valence electrons. The Morgan fingerprint density at radius 2 is 2.07 bits per heavy atom. The first-order chi connectivity index (χ1) is 13.1. The molecule has 0 bridgehead atoms. The van der Waals surface area contributed by atoms with E-state index in [1.165, 1.54) is 11.3 Å². The van der Waals surface area contributed by atoms with E-state index in [2.05, 4.69) is 54.7 Å². The van der Waals surface area contributed by atoms with Crippen LogP contribution in [0.25, 0.3) is 0 Å². The Morgan fingerprint density at radius 1 is 1.30 bits per heavy atom. The Kier molecular flexibility index (Phi) is 6.40. The van der Waals surface area contributed by atoms with Gasteiger partial charge in [0.05, 0.1) is 5.02 Å². The van der Waals surface area contributed by atoms with Crippen LogP contribution in [0.5, 0.6) is 0 Å². The van der Waals surface area contributed by atoms with Gasteiger partial charge < -0.3 is 20.4 Å². The maximum absolute atomic E-state index is 6.27. The van der Waals surface area contributed by atoms with Gasteiger partial charge in [0.25, 0.3) is 0 Å². The number of hydrogen-bond donors (Lipinski definition) is 2. The van der Waals surface area contributed by atoms with E-state index in [0.29, 0.717) is 11.1 Å². The predicted molar refractivity (Wildman–Crippen MR) is 114 cm³/mol. The average Bonchev–Trinajstić information content (AvgIpc) is 3.14. The Morgan fingerprint density at radius 3 is 2.74 bits per heavy atom. The summed E-state index contributed by atoms with van der Waals surface area (Å²) in [6, 6.07) is 12.6. The third-order valence-corrected chi connectivity index (χ3v) is 5.00. The molecule has 3 rings (SSSR count). The summed E-state index contributed by atoms with van der Waals surface area (Å²) >= 11 is 6.27. The molecule has 1 atom stereocenters. The number of aromatic nitrogens is 1. The van der Waals surface area contributed by atoms with Crippen LogP contribution in [-0.2, 0) is 6.54 Å².